The molecule has 0 bridgehead atoms. The van der Waals surface area contributed by atoms with Gasteiger partial charge in [-0.1, -0.05) is 51.1 Å². The number of amides is 3. The second-order valence-electron chi connectivity index (χ2n) is 11.5. The first kappa shape index (κ1) is 33.4. The maximum Gasteiger partial charge on any atom is 0.248 e. The lowest BCUT2D eigenvalue weighted by Crippen LogP contribution is -2.47. The van der Waals surface area contributed by atoms with E-state index in [1.165, 1.54) is 11.9 Å². The highest BCUT2D eigenvalue weighted by molar-refractivity contribution is 5.83. The Morgan fingerprint density at radius 2 is 1.77 bits per heavy atom. The standard InChI is InChI=1S/C32H41F2N5O4/c1-32(2,3)30(39(29(42)20-40)15-13-26(35)31(43)37-14-12-28(41)36-4)27-16-22(24-17-23(33)10-11-25(24)34)19-38(27)18-21-8-6-5-7-9-21/h5-11,16-17,19,26,30,40H,12-15,18,20,35H2,1-4H3,(H,36,41)(H,37,43)/t26-,30-/m0/s1. The largest absolute Gasteiger partial charge is 0.387 e. The predicted octanol–water partition coefficient (Wildman–Crippen LogP) is 3.36. The minimum absolute atomic E-state index is 0.0333. The molecule has 2 atom stereocenters. The molecule has 0 aliphatic carbocycles. The van der Waals surface area contributed by atoms with E-state index in [1.807, 2.05) is 55.7 Å². The molecule has 232 valence electrons. The lowest BCUT2D eigenvalue weighted by Gasteiger charge is -2.41. The zero-order valence-electron chi connectivity index (χ0n) is 25.1. The third-order valence-corrected chi connectivity index (χ3v) is 7.18. The van der Waals surface area contributed by atoms with Gasteiger partial charge in [0.2, 0.25) is 17.7 Å². The molecule has 0 saturated heterocycles. The smallest absolute Gasteiger partial charge is 0.248 e. The highest BCUT2D eigenvalue weighted by Crippen LogP contribution is 2.41. The summed E-state index contributed by atoms with van der Waals surface area (Å²) in [5.41, 5.74) is 7.65. The van der Waals surface area contributed by atoms with Gasteiger partial charge in [-0.25, -0.2) is 8.78 Å². The van der Waals surface area contributed by atoms with Crippen LogP contribution in [0.25, 0.3) is 11.1 Å². The van der Waals surface area contributed by atoms with Gasteiger partial charge in [0, 0.05) is 56.1 Å². The van der Waals surface area contributed by atoms with E-state index in [-0.39, 0.29) is 37.4 Å². The first-order valence-corrected chi connectivity index (χ1v) is 14.2. The normalized spacial score (nSPS) is 12.8. The summed E-state index contributed by atoms with van der Waals surface area (Å²) in [5, 5.41) is 15.1. The summed E-state index contributed by atoms with van der Waals surface area (Å²) in [6.07, 6.45) is 1.91. The van der Waals surface area contributed by atoms with Crippen LogP contribution < -0.4 is 16.4 Å². The predicted molar refractivity (Wildman–Crippen MR) is 161 cm³/mol. The highest BCUT2D eigenvalue weighted by atomic mass is 19.1. The molecule has 3 amide bonds. The summed E-state index contributed by atoms with van der Waals surface area (Å²) in [5.74, 6) is -2.44. The van der Waals surface area contributed by atoms with E-state index in [0.717, 1.165) is 23.8 Å². The fourth-order valence-corrected chi connectivity index (χ4v) is 5.07. The Balaban J connectivity index is 2.01. The van der Waals surface area contributed by atoms with Crippen LogP contribution in [0.5, 0.6) is 0 Å². The van der Waals surface area contributed by atoms with Gasteiger partial charge in [-0.3, -0.25) is 14.4 Å². The van der Waals surface area contributed by atoms with Crippen LogP contribution in [0.15, 0.2) is 60.8 Å². The minimum Gasteiger partial charge on any atom is -0.387 e. The lowest BCUT2D eigenvalue weighted by molar-refractivity contribution is -0.140. The number of nitrogens with two attached hydrogens (primary N) is 1. The van der Waals surface area contributed by atoms with Crippen molar-refractivity contribution in [2.24, 2.45) is 11.1 Å². The number of hydrogen-bond donors (Lipinski definition) is 4. The van der Waals surface area contributed by atoms with Crippen molar-refractivity contribution < 1.29 is 28.3 Å². The van der Waals surface area contributed by atoms with Gasteiger partial charge < -0.3 is 30.9 Å². The van der Waals surface area contributed by atoms with Crippen molar-refractivity contribution in [1.29, 1.82) is 0 Å². The maximum absolute atomic E-state index is 14.9. The van der Waals surface area contributed by atoms with E-state index >= 15 is 0 Å². The summed E-state index contributed by atoms with van der Waals surface area (Å²) >= 11 is 0. The number of aliphatic hydroxyl groups excluding tert-OH is 1. The Kier molecular flexibility index (Phi) is 11.6. The molecule has 0 fully saturated rings. The zero-order valence-corrected chi connectivity index (χ0v) is 25.1. The van der Waals surface area contributed by atoms with E-state index in [1.54, 1.807) is 12.3 Å². The Morgan fingerprint density at radius 1 is 1.07 bits per heavy atom. The number of nitrogens with one attached hydrogen (secondary N) is 2. The molecule has 0 unspecified atom stereocenters. The quantitative estimate of drug-likeness (QED) is 0.240. The average molecular weight is 598 g/mol. The summed E-state index contributed by atoms with van der Waals surface area (Å²) in [6.45, 7) is 5.56. The number of halogens is 2. The van der Waals surface area contributed by atoms with E-state index < -0.39 is 47.6 Å². The third kappa shape index (κ3) is 8.95. The number of nitrogens with zero attached hydrogens (tertiary/aromatic N) is 2. The molecule has 0 saturated carbocycles. The van der Waals surface area contributed by atoms with E-state index in [9.17, 15) is 28.3 Å². The Morgan fingerprint density at radius 3 is 2.40 bits per heavy atom. The Hall–Kier alpha value is -4.09. The molecule has 0 aliphatic heterocycles. The topological polar surface area (TPSA) is 130 Å². The van der Waals surface area contributed by atoms with Crippen LogP contribution in [-0.2, 0) is 20.9 Å². The summed E-state index contributed by atoms with van der Waals surface area (Å²) in [7, 11) is 1.50. The molecule has 43 heavy (non-hydrogen) atoms. The fraction of sp³-hybridized carbons (Fsp3) is 0.406. The average Bonchev–Trinajstić information content (AvgIpc) is 3.37. The van der Waals surface area contributed by atoms with Crippen LogP contribution in [0.3, 0.4) is 0 Å². The summed E-state index contributed by atoms with van der Waals surface area (Å²) in [6, 6.07) is 12.9. The molecule has 2 aromatic carbocycles. The summed E-state index contributed by atoms with van der Waals surface area (Å²) < 4.78 is 31.0. The molecule has 0 aliphatic rings. The van der Waals surface area contributed by atoms with E-state index in [0.29, 0.717) is 17.8 Å². The molecular formula is C32H41F2N5O4. The van der Waals surface area contributed by atoms with Crippen molar-refractivity contribution in [3.63, 3.8) is 0 Å². The molecule has 3 rings (SSSR count). The Labute approximate surface area is 251 Å². The lowest BCUT2D eigenvalue weighted by atomic mass is 9.82. The van der Waals surface area contributed by atoms with Crippen molar-refractivity contribution in [2.45, 2.75) is 52.2 Å². The molecule has 0 spiro atoms. The number of aliphatic hydroxyl groups is 1. The van der Waals surface area contributed by atoms with Gasteiger partial charge in [-0.05, 0) is 41.7 Å². The van der Waals surface area contributed by atoms with Gasteiger partial charge >= 0.3 is 0 Å². The first-order valence-electron chi connectivity index (χ1n) is 14.2. The van der Waals surface area contributed by atoms with Crippen LogP contribution in [-0.4, -0.2) is 65.1 Å². The number of rotatable bonds is 13. The van der Waals surface area contributed by atoms with Gasteiger partial charge in [-0.15, -0.1) is 0 Å². The van der Waals surface area contributed by atoms with Crippen molar-refractivity contribution in [1.82, 2.24) is 20.1 Å². The molecule has 3 aromatic rings. The van der Waals surface area contributed by atoms with E-state index in [2.05, 4.69) is 10.6 Å². The molecule has 0 radical (unpaired) electrons. The fourth-order valence-electron chi connectivity index (χ4n) is 5.07. The second kappa shape index (κ2) is 14.9. The number of benzene rings is 2. The van der Waals surface area contributed by atoms with Crippen molar-refractivity contribution in [3.05, 3.63) is 83.7 Å². The molecular weight excluding hydrogens is 556 g/mol. The maximum atomic E-state index is 14.9. The van der Waals surface area contributed by atoms with Crippen molar-refractivity contribution >= 4 is 17.7 Å². The second-order valence-corrected chi connectivity index (χ2v) is 11.5. The van der Waals surface area contributed by atoms with Crippen LogP contribution in [0.2, 0.25) is 0 Å². The van der Waals surface area contributed by atoms with Crippen molar-refractivity contribution in [3.8, 4) is 11.1 Å². The molecule has 1 aromatic heterocycles. The molecule has 9 nitrogen and oxygen atoms in total. The Bertz CT molecular complexity index is 1400. The summed E-state index contributed by atoms with van der Waals surface area (Å²) in [4.78, 5) is 38.8. The molecule has 11 heteroatoms. The van der Waals surface area contributed by atoms with Gasteiger partial charge in [-0.2, -0.15) is 0 Å². The van der Waals surface area contributed by atoms with E-state index in [4.69, 9.17) is 5.73 Å². The van der Waals surface area contributed by atoms with Gasteiger partial charge in [0.05, 0.1) is 12.1 Å². The van der Waals surface area contributed by atoms with Crippen LogP contribution in [0.4, 0.5) is 8.78 Å². The van der Waals surface area contributed by atoms with Crippen molar-refractivity contribution in [2.75, 3.05) is 26.7 Å². The number of carbonyl (C=O) groups is 3. The SMILES string of the molecule is CNC(=O)CCNC(=O)[C@@H](N)CCN(C(=O)CO)[C@@H](c1cc(-c2cc(F)ccc2F)cn1Cc1ccccc1)C(C)(C)C. The zero-order chi connectivity index (χ0) is 31.7. The van der Waals surface area contributed by atoms with Crippen LogP contribution >= 0.6 is 0 Å². The van der Waals surface area contributed by atoms with Crippen LogP contribution in [0, 0.1) is 17.0 Å². The number of hydrogen-bond acceptors (Lipinski definition) is 5. The van der Waals surface area contributed by atoms with Gasteiger partial charge in [0.15, 0.2) is 0 Å². The first-order chi connectivity index (χ1) is 20.3. The van der Waals surface area contributed by atoms with Gasteiger partial charge in [0.25, 0.3) is 0 Å². The van der Waals surface area contributed by atoms with Crippen LogP contribution in [0.1, 0.15) is 50.9 Å². The molecule has 1 heterocycles. The minimum atomic E-state index is -0.979. The molecule has 5 N–H and O–H groups in total. The highest BCUT2D eigenvalue weighted by Gasteiger charge is 2.37. The van der Waals surface area contributed by atoms with Gasteiger partial charge in [0.1, 0.15) is 18.2 Å². The third-order valence-electron chi connectivity index (χ3n) is 7.18. The monoisotopic (exact) mass is 597 g/mol. The number of carbonyl (C=O) groups excluding carboxylic acids is 3. The number of aromatic nitrogens is 1.